The van der Waals surface area contributed by atoms with Crippen molar-refractivity contribution in [3.8, 4) is 0 Å². The van der Waals surface area contributed by atoms with Gasteiger partial charge in [0.2, 0.25) is 5.91 Å². The summed E-state index contributed by atoms with van der Waals surface area (Å²) in [6, 6.07) is 15.8. The number of para-hydroxylation sites is 1. The molecule has 0 heterocycles. The maximum Gasteiger partial charge on any atom is 0.266 e. The molecule has 0 aromatic heterocycles. The highest BCUT2D eigenvalue weighted by molar-refractivity contribution is 7.85. The predicted molar refractivity (Wildman–Crippen MR) is 126 cm³/mol. The summed E-state index contributed by atoms with van der Waals surface area (Å²) in [5, 5.41) is 5.33. The third-order valence-electron chi connectivity index (χ3n) is 4.61. The molecule has 0 aliphatic carbocycles. The molecule has 1 atom stereocenters. The fraction of sp³-hybridized carbons (Fsp3) is 0.167. The van der Waals surface area contributed by atoms with Gasteiger partial charge in [-0.1, -0.05) is 61.7 Å². The lowest BCUT2D eigenvalue weighted by atomic mass is 9.90. The van der Waals surface area contributed by atoms with E-state index in [0.29, 0.717) is 23.2 Å². The topological polar surface area (TPSA) is 113 Å². The van der Waals surface area contributed by atoms with Crippen LogP contribution in [0.25, 0.3) is 0 Å². The van der Waals surface area contributed by atoms with Crippen molar-refractivity contribution in [2.45, 2.75) is 6.42 Å². The molecular weight excluding hydrogens is 428 g/mol. The summed E-state index contributed by atoms with van der Waals surface area (Å²) in [4.78, 5) is 25.1. The summed E-state index contributed by atoms with van der Waals surface area (Å²) in [7, 11) is -4.14. The molecular formula is C24H26N2O5S. The van der Waals surface area contributed by atoms with Gasteiger partial charge in [-0.05, 0) is 41.8 Å². The summed E-state index contributed by atoms with van der Waals surface area (Å²) in [6.45, 7) is 7.31. The van der Waals surface area contributed by atoms with Gasteiger partial charge in [0.25, 0.3) is 16.0 Å². The standard InChI is InChI=1S/C24H26N2O5S/c1-3-8-19(4-2)22(24(28)26-21-9-6-5-7-10-21)17-18-11-13-20(14-12-18)23(27)25-15-16-32(29,30)31/h3-14,22H,1-2,15-17H2,(H,25,27)(H,26,28)(H,29,30,31)/b19-8+. The quantitative estimate of drug-likeness (QED) is 0.356. The largest absolute Gasteiger partial charge is 0.351 e. The summed E-state index contributed by atoms with van der Waals surface area (Å²) >= 11 is 0. The Labute approximate surface area is 188 Å². The van der Waals surface area contributed by atoms with E-state index in [1.54, 1.807) is 54.6 Å². The summed E-state index contributed by atoms with van der Waals surface area (Å²) in [5.74, 6) is -1.75. The van der Waals surface area contributed by atoms with Crippen molar-refractivity contribution in [3.05, 3.63) is 103 Å². The minimum atomic E-state index is -4.14. The first-order chi connectivity index (χ1) is 15.2. The Morgan fingerprint density at radius 1 is 1.03 bits per heavy atom. The van der Waals surface area contributed by atoms with Crippen LogP contribution in [-0.2, 0) is 21.3 Å². The highest BCUT2D eigenvalue weighted by Gasteiger charge is 2.22. The zero-order valence-electron chi connectivity index (χ0n) is 17.5. The van der Waals surface area contributed by atoms with Gasteiger partial charge in [-0.15, -0.1) is 0 Å². The minimum absolute atomic E-state index is 0.198. The summed E-state index contributed by atoms with van der Waals surface area (Å²) < 4.78 is 30.2. The lowest BCUT2D eigenvalue weighted by molar-refractivity contribution is -0.118. The highest BCUT2D eigenvalue weighted by atomic mass is 32.2. The average Bonchev–Trinajstić information content (AvgIpc) is 2.76. The zero-order chi connectivity index (χ0) is 23.6. The second-order valence-electron chi connectivity index (χ2n) is 6.96. The molecule has 3 N–H and O–H groups in total. The van der Waals surface area contributed by atoms with E-state index in [-0.39, 0.29) is 12.5 Å². The molecule has 168 valence electrons. The van der Waals surface area contributed by atoms with E-state index in [1.165, 1.54) is 0 Å². The molecule has 7 nitrogen and oxygen atoms in total. The third kappa shape index (κ3) is 7.98. The van der Waals surface area contributed by atoms with E-state index in [2.05, 4.69) is 23.8 Å². The molecule has 0 bridgehead atoms. The molecule has 32 heavy (non-hydrogen) atoms. The molecule has 0 saturated carbocycles. The van der Waals surface area contributed by atoms with E-state index in [1.807, 2.05) is 18.2 Å². The van der Waals surface area contributed by atoms with Crippen LogP contribution in [0.2, 0.25) is 0 Å². The van der Waals surface area contributed by atoms with Crippen molar-refractivity contribution in [1.29, 1.82) is 0 Å². The number of carbonyl (C=O) groups is 2. The molecule has 2 amide bonds. The number of benzene rings is 2. The fourth-order valence-electron chi connectivity index (χ4n) is 3.00. The lowest BCUT2D eigenvalue weighted by Crippen LogP contribution is -2.29. The van der Waals surface area contributed by atoms with Crippen LogP contribution in [0.5, 0.6) is 0 Å². The van der Waals surface area contributed by atoms with Crippen molar-refractivity contribution in [2.24, 2.45) is 5.92 Å². The van der Waals surface area contributed by atoms with E-state index < -0.39 is 27.7 Å². The molecule has 0 saturated heterocycles. The first kappa shape index (κ1) is 24.8. The van der Waals surface area contributed by atoms with Crippen molar-refractivity contribution < 1.29 is 22.6 Å². The van der Waals surface area contributed by atoms with Crippen LogP contribution in [0.1, 0.15) is 15.9 Å². The second kappa shape index (κ2) is 11.8. The van der Waals surface area contributed by atoms with Gasteiger partial charge in [0.05, 0.1) is 11.7 Å². The maximum atomic E-state index is 13.0. The van der Waals surface area contributed by atoms with E-state index in [0.717, 1.165) is 5.56 Å². The van der Waals surface area contributed by atoms with Crippen molar-refractivity contribution in [2.75, 3.05) is 17.6 Å². The van der Waals surface area contributed by atoms with Gasteiger partial charge in [0.15, 0.2) is 0 Å². The fourth-order valence-corrected chi connectivity index (χ4v) is 3.36. The molecule has 0 radical (unpaired) electrons. The molecule has 8 heteroatoms. The van der Waals surface area contributed by atoms with Crippen LogP contribution in [0.4, 0.5) is 5.69 Å². The van der Waals surface area contributed by atoms with E-state index >= 15 is 0 Å². The van der Waals surface area contributed by atoms with Crippen molar-refractivity contribution in [3.63, 3.8) is 0 Å². The molecule has 2 aromatic rings. The van der Waals surface area contributed by atoms with Crippen LogP contribution in [0, 0.1) is 5.92 Å². The Bertz CT molecular complexity index is 1090. The second-order valence-corrected chi connectivity index (χ2v) is 8.53. The van der Waals surface area contributed by atoms with Gasteiger partial charge in [-0.25, -0.2) is 0 Å². The molecule has 0 aliphatic heterocycles. The minimum Gasteiger partial charge on any atom is -0.351 e. The number of hydrogen-bond acceptors (Lipinski definition) is 4. The Morgan fingerprint density at radius 2 is 1.69 bits per heavy atom. The number of amides is 2. The smallest absolute Gasteiger partial charge is 0.266 e. The van der Waals surface area contributed by atoms with Gasteiger partial charge in [-0.3, -0.25) is 14.1 Å². The molecule has 0 fully saturated rings. The first-order valence-corrected chi connectivity index (χ1v) is 11.5. The van der Waals surface area contributed by atoms with Gasteiger partial charge in [0.1, 0.15) is 0 Å². The first-order valence-electron chi connectivity index (χ1n) is 9.86. The molecule has 2 rings (SSSR count). The number of rotatable bonds is 11. The lowest BCUT2D eigenvalue weighted by Gasteiger charge is -2.18. The maximum absolute atomic E-state index is 13.0. The predicted octanol–water partition coefficient (Wildman–Crippen LogP) is 3.40. The Hall–Kier alpha value is -3.49. The average molecular weight is 455 g/mol. The molecule has 0 spiro atoms. The Balaban J connectivity index is 2.14. The molecule has 1 unspecified atom stereocenters. The van der Waals surface area contributed by atoms with Crippen LogP contribution < -0.4 is 10.6 Å². The summed E-state index contributed by atoms with van der Waals surface area (Å²) in [6.07, 6.45) is 5.32. The van der Waals surface area contributed by atoms with Gasteiger partial charge in [0, 0.05) is 17.8 Å². The van der Waals surface area contributed by atoms with E-state index in [9.17, 15) is 18.0 Å². The SMILES string of the molecule is C=C/C=C(\C=C)C(Cc1ccc(C(=O)NCCS(=O)(=O)O)cc1)C(=O)Nc1ccccc1. The zero-order valence-corrected chi connectivity index (χ0v) is 18.3. The van der Waals surface area contributed by atoms with Gasteiger partial charge < -0.3 is 10.6 Å². The Kier molecular flexibility index (Phi) is 9.12. The number of anilines is 1. The number of allylic oxidation sites excluding steroid dienone is 3. The summed E-state index contributed by atoms with van der Waals surface area (Å²) in [5.41, 5.74) is 2.55. The third-order valence-corrected chi connectivity index (χ3v) is 5.33. The van der Waals surface area contributed by atoms with Crippen molar-refractivity contribution in [1.82, 2.24) is 5.32 Å². The van der Waals surface area contributed by atoms with Crippen LogP contribution >= 0.6 is 0 Å². The van der Waals surface area contributed by atoms with Gasteiger partial charge in [-0.2, -0.15) is 8.42 Å². The number of carbonyl (C=O) groups excluding carboxylic acids is 2. The normalized spacial score (nSPS) is 12.5. The highest BCUT2D eigenvalue weighted by Crippen LogP contribution is 2.21. The van der Waals surface area contributed by atoms with E-state index in [4.69, 9.17) is 4.55 Å². The number of nitrogens with one attached hydrogen (secondary N) is 2. The monoisotopic (exact) mass is 454 g/mol. The van der Waals surface area contributed by atoms with Crippen molar-refractivity contribution >= 4 is 27.6 Å². The molecule has 0 aliphatic rings. The van der Waals surface area contributed by atoms with Crippen LogP contribution in [0.3, 0.4) is 0 Å². The Morgan fingerprint density at radius 3 is 2.25 bits per heavy atom. The number of hydrogen-bond donors (Lipinski definition) is 3. The van der Waals surface area contributed by atoms with Crippen LogP contribution in [-0.4, -0.2) is 37.1 Å². The van der Waals surface area contributed by atoms with Crippen LogP contribution in [0.15, 0.2) is 91.6 Å². The molecule has 2 aromatic carbocycles. The van der Waals surface area contributed by atoms with Gasteiger partial charge >= 0.3 is 0 Å².